The van der Waals surface area contributed by atoms with Crippen molar-refractivity contribution in [1.29, 1.82) is 0 Å². The van der Waals surface area contributed by atoms with Crippen LogP contribution in [0.25, 0.3) is 0 Å². The molecule has 0 spiro atoms. The number of anilines is 2. The van der Waals surface area contributed by atoms with Crippen molar-refractivity contribution < 1.29 is 13.2 Å². The first-order valence-electron chi connectivity index (χ1n) is 10.3. The fourth-order valence-corrected chi connectivity index (χ4v) is 5.12. The molecular weight excluding hydrogens is 400 g/mol. The number of hydrogen-bond acceptors (Lipinski definition) is 5. The zero-order valence-electron chi connectivity index (χ0n) is 17.0. The van der Waals surface area contributed by atoms with E-state index < -0.39 is 16.1 Å². The summed E-state index contributed by atoms with van der Waals surface area (Å²) in [6, 6.07) is 13.7. The summed E-state index contributed by atoms with van der Waals surface area (Å²) in [5.41, 5.74) is 2.26. The number of para-hydroxylation sites is 2. The SMILES string of the molecule is C[C@H](N=C1NS(=O)(=O)c2ccccc21)C(=O)Nc1ccccc1N1CCCCCC1. The van der Waals surface area contributed by atoms with E-state index in [4.69, 9.17) is 0 Å². The average Bonchev–Trinajstić information content (AvgIpc) is 2.91. The summed E-state index contributed by atoms with van der Waals surface area (Å²) < 4.78 is 27.0. The quantitative estimate of drug-likeness (QED) is 0.786. The molecule has 2 aromatic rings. The molecule has 0 aromatic heterocycles. The molecule has 2 N–H and O–H groups in total. The molecule has 2 aliphatic heterocycles. The molecule has 0 aliphatic carbocycles. The molecule has 0 radical (unpaired) electrons. The van der Waals surface area contributed by atoms with E-state index >= 15 is 0 Å². The Balaban J connectivity index is 1.53. The molecule has 0 unspecified atom stereocenters. The van der Waals surface area contributed by atoms with Crippen LogP contribution in [-0.4, -0.2) is 39.3 Å². The van der Waals surface area contributed by atoms with E-state index in [1.165, 1.54) is 18.9 Å². The van der Waals surface area contributed by atoms with Crippen LogP contribution in [0.1, 0.15) is 38.2 Å². The Morgan fingerprint density at radius 1 is 1.03 bits per heavy atom. The van der Waals surface area contributed by atoms with Crippen molar-refractivity contribution >= 4 is 33.1 Å². The van der Waals surface area contributed by atoms with Crippen LogP contribution in [0.5, 0.6) is 0 Å². The zero-order chi connectivity index (χ0) is 21.1. The van der Waals surface area contributed by atoms with Crippen LogP contribution in [0.2, 0.25) is 0 Å². The first-order chi connectivity index (χ1) is 14.5. The summed E-state index contributed by atoms with van der Waals surface area (Å²) in [6.45, 7) is 3.61. The second kappa shape index (κ2) is 8.47. The Morgan fingerprint density at radius 3 is 2.47 bits per heavy atom. The molecule has 158 valence electrons. The molecule has 2 aliphatic rings. The van der Waals surface area contributed by atoms with Crippen molar-refractivity contribution in [2.75, 3.05) is 23.3 Å². The number of carbonyl (C=O) groups is 1. The lowest BCUT2D eigenvalue weighted by molar-refractivity contribution is -0.117. The summed E-state index contributed by atoms with van der Waals surface area (Å²) in [5.74, 6) is -0.0811. The number of rotatable bonds is 4. The number of hydrogen-bond donors (Lipinski definition) is 2. The first kappa shape index (κ1) is 20.4. The number of amides is 1. The van der Waals surface area contributed by atoms with Gasteiger partial charge in [-0.15, -0.1) is 0 Å². The van der Waals surface area contributed by atoms with Gasteiger partial charge in [0.1, 0.15) is 11.9 Å². The maximum Gasteiger partial charge on any atom is 0.263 e. The number of amidine groups is 1. The van der Waals surface area contributed by atoms with Gasteiger partial charge in [0.25, 0.3) is 10.0 Å². The maximum atomic E-state index is 12.9. The van der Waals surface area contributed by atoms with Crippen LogP contribution < -0.4 is 14.9 Å². The topological polar surface area (TPSA) is 90.9 Å². The number of nitrogens with zero attached hydrogens (tertiary/aromatic N) is 2. The van der Waals surface area contributed by atoms with Crippen LogP contribution >= 0.6 is 0 Å². The molecule has 8 heteroatoms. The lowest BCUT2D eigenvalue weighted by Crippen LogP contribution is -2.30. The van der Waals surface area contributed by atoms with Gasteiger partial charge < -0.3 is 10.2 Å². The van der Waals surface area contributed by atoms with Gasteiger partial charge in [0.05, 0.1) is 16.3 Å². The van der Waals surface area contributed by atoms with Crippen LogP contribution in [0.3, 0.4) is 0 Å². The summed E-state index contributed by atoms with van der Waals surface area (Å²) in [5, 5.41) is 2.98. The predicted molar refractivity (Wildman–Crippen MR) is 119 cm³/mol. The lowest BCUT2D eigenvalue weighted by Gasteiger charge is -2.25. The Kier molecular flexibility index (Phi) is 5.76. The summed E-state index contributed by atoms with van der Waals surface area (Å²) in [6.07, 6.45) is 4.76. The molecular formula is C22H26N4O3S. The van der Waals surface area contributed by atoms with Crippen molar-refractivity contribution in [1.82, 2.24) is 4.72 Å². The van der Waals surface area contributed by atoms with Crippen molar-refractivity contribution in [3.63, 3.8) is 0 Å². The van der Waals surface area contributed by atoms with Gasteiger partial charge in [-0.25, -0.2) is 8.42 Å². The molecule has 1 saturated heterocycles. The van der Waals surface area contributed by atoms with Gasteiger partial charge in [-0.1, -0.05) is 37.1 Å². The highest BCUT2D eigenvalue weighted by Crippen LogP contribution is 2.28. The molecule has 7 nitrogen and oxygen atoms in total. The van der Waals surface area contributed by atoms with Crippen molar-refractivity contribution in [2.24, 2.45) is 4.99 Å². The largest absolute Gasteiger partial charge is 0.370 e. The second-order valence-electron chi connectivity index (χ2n) is 7.66. The van der Waals surface area contributed by atoms with Gasteiger partial charge in [0.2, 0.25) is 5.91 Å². The second-order valence-corrected chi connectivity index (χ2v) is 9.31. The zero-order valence-corrected chi connectivity index (χ0v) is 17.8. The van der Waals surface area contributed by atoms with E-state index in [1.54, 1.807) is 25.1 Å². The highest BCUT2D eigenvalue weighted by Gasteiger charge is 2.31. The normalized spacial score (nSPS) is 20.2. The van der Waals surface area contributed by atoms with Gasteiger partial charge in [-0.3, -0.25) is 14.5 Å². The Labute approximate surface area is 177 Å². The third-order valence-electron chi connectivity index (χ3n) is 5.47. The molecule has 2 aromatic carbocycles. The third-order valence-corrected chi connectivity index (χ3v) is 6.87. The molecule has 30 heavy (non-hydrogen) atoms. The number of sulfonamides is 1. The van der Waals surface area contributed by atoms with E-state index in [2.05, 4.69) is 19.9 Å². The lowest BCUT2D eigenvalue weighted by atomic mass is 10.2. The third kappa shape index (κ3) is 4.18. The number of aliphatic imine (C=N–C) groups is 1. The van der Waals surface area contributed by atoms with Gasteiger partial charge in [-0.2, -0.15) is 0 Å². The van der Waals surface area contributed by atoms with Gasteiger partial charge in [-0.05, 0) is 44.0 Å². The van der Waals surface area contributed by atoms with Crippen LogP contribution in [-0.2, 0) is 14.8 Å². The molecule has 1 fully saturated rings. The fourth-order valence-electron chi connectivity index (χ4n) is 3.89. The number of nitrogens with one attached hydrogen (secondary N) is 2. The van der Waals surface area contributed by atoms with Crippen LogP contribution in [0, 0.1) is 0 Å². The fraction of sp³-hybridized carbons (Fsp3) is 0.364. The van der Waals surface area contributed by atoms with E-state index in [-0.39, 0.29) is 16.6 Å². The Hall–Kier alpha value is -2.87. The standard InChI is InChI=1S/C22H26N4O3S/c1-16(23-21-17-10-4-7-13-20(17)30(28,29)25-21)22(27)24-18-11-5-6-12-19(18)26-14-8-2-3-9-15-26/h4-7,10-13,16H,2-3,8-9,14-15H2,1H3,(H,23,25)(H,24,27)/t16-/m0/s1. The van der Waals surface area contributed by atoms with Crippen LogP contribution in [0.15, 0.2) is 58.4 Å². The van der Waals surface area contributed by atoms with E-state index in [0.717, 1.165) is 37.3 Å². The molecule has 1 atom stereocenters. The first-order valence-corrected chi connectivity index (χ1v) is 11.8. The highest BCUT2D eigenvalue weighted by molar-refractivity contribution is 7.90. The molecule has 2 heterocycles. The predicted octanol–water partition coefficient (Wildman–Crippen LogP) is 3.13. The molecule has 4 rings (SSSR count). The minimum absolute atomic E-state index is 0.183. The summed E-state index contributed by atoms with van der Waals surface area (Å²) in [7, 11) is -3.63. The minimum Gasteiger partial charge on any atom is -0.370 e. The summed E-state index contributed by atoms with van der Waals surface area (Å²) >= 11 is 0. The smallest absolute Gasteiger partial charge is 0.263 e. The molecule has 1 amide bonds. The molecule has 0 bridgehead atoms. The Morgan fingerprint density at radius 2 is 1.70 bits per heavy atom. The van der Waals surface area contributed by atoms with Crippen molar-refractivity contribution in [3.05, 3.63) is 54.1 Å². The van der Waals surface area contributed by atoms with Gasteiger partial charge in [0, 0.05) is 18.7 Å². The van der Waals surface area contributed by atoms with Crippen molar-refractivity contribution in [2.45, 2.75) is 43.5 Å². The molecule has 0 saturated carbocycles. The van der Waals surface area contributed by atoms with E-state index in [0.29, 0.717) is 5.56 Å². The van der Waals surface area contributed by atoms with E-state index in [9.17, 15) is 13.2 Å². The van der Waals surface area contributed by atoms with Gasteiger partial charge in [0.15, 0.2) is 0 Å². The Bertz CT molecular complexity index is 1070. The summed E-state index contributed by atoms with van der Waals surface area (Å²) in [4.78, 5) is 19.7. The van der Waals surface area contributed by atoms with Crippen molar-refractivity contribution in [3.8, 4) is 0 Å². The number of carbonyl (C=O) groups excluding carboxylic acids is 1. The average molecular weight is 427 g/mol. The van der Waals surface area contributed by atoms with Gasteiger partial charge >= 0.3 is 0 Å². The van der Waals surface area contributed by atoms with Crippen LogP contribution in [0.4, 0.5) is 11.4 Å². The van der Waals surface area contributed by atoms with E-state index in [1.807, 2.05) is 24.3 Å². The number of fused-ring (bicyclic) bond motifs is 1. The monoisotopic (exact) mass is 426 g/mol. The number of benzene rings is 2. The maximum absolute atomic E-state index is 12.9. The highest BCUT2D eigenvalue weighted by atomic mass is 32.2. The minimum atomic E-state index is -3.63.